The third-order valence-electron chi connectivity index (χ3n) is 4.11. The zero-order valence-electron chi connectivity index (χ0n) is 14.5. The molecular formula is C19H18N4OS2. The highest BCUT2D eigenvalue weighted by Gasteiger charge is 2.21. The number of amides is 1. The predicted octanol–water partition coefficient (Wildman–Crippen LogP) is 4.11. The molecule has 0 aliphatic rings. The molecule has 0 bridgehead atoms. The summed E-state index contributed by atoms with van der Waals surface area (Å²) >= 11 is 3.10. The van der Waals surface area contributed by atoms with E-state index in [9.17, 15) is 4.79 Å². The molecule has 2 aromatic heterocycles. The molecule has 7 heteroatoms. The van der Waals surface area contributed by atoms with Gasteiger partial charge in [0.15, 0.2) is 5.13 Å². The maximum atomic E-state index is 13.3. The number of fused-ring (bicyclic) bond motifs is 2. The van der Waals surface area contributed by atoms with E-state index in [-0.39, 0.29) is 5.91 Å². The van der Waals surface area contributed by atoms with E-state index in [2.05, 4.69) is 14.9 Å². The number of carbonyl (C=O) groups is 1. The van der Waals surface area contributed by atoms with Crippen LogP contribution in [0.2, 0.25) is 0 Å². The van der Waals surface area contributed by atoms with Gasteiger partial charge in [0.05, 0.1) is 25.9 Å². The molecule has 132 valence electrons. The topological polar surface area (TPSA) is 49.3 Å². The molecule has 5 nitrogen and oxygen atoms in total. The van der Waals surface area contributed by atoms with Gasteiger partial charge in [-0.15, -0.1) is 11.3 Å². The summed E-state index contributed by atoms with van der Waals surface area (Å²) in [5.74, 6) is -0.0267. The largest absolute Gasteiger partial charge is 0.308 e. The first kappa shape index (κ1) is 17.1. The summed E-state index contributed by atoms with van der Waals surface area (Å²) < 4.78 is 2.11. The monoisotopic (exact) mass is 382 g/mol. The lowest BCUT2D eigenvalue weighted by molar-refractivity contribution is 0.0985. The average Bonchev–Trinajstić information content (AvgIpc) is 3.27. The summed E-state index contributed by atoms with van der Waals surface area (Å²) in [7, 11) is 4.01. The van der Waals surface area contributed by atoms with Crippen LogP contribution in [0.3, 0.4) is 0 Å². The molecule has 0 N–H and O–H groups in total. The standard InChI is InChI=1S/C19H18N4OS2/c1-22(2)9-10-23(19-21-15-5-3-4-6-16(15)26-19)18(24)13-7-8-14-17(11-13)25-12-20-14/h3-8,11-12H,9-10H2,1-2H3. The van der Waals surface area contributed by atoms with Crippen LogP contribution in [0.15, 0.2) is 48.0 Å². The maximum absolute atomic E-state index is 13.3. The Balaban J connectivity index is 1.72. The Bertz CT molecular complexity index is 1040. The molecule has 0 saturated heterocycles. The molecule has 0 fully saturated rings. The SMILES string of the molecule is CN(C)CCN(C(=O)c1ccc2ncsc2c1)c1nc2ccccc2s1. The van der Waals surface area contributed by atoms with Gasteiger partial charge in [0.2, 0.25) is 0 Å². The van der Waals surface area contributed by atoms with Crippen LogP contribution in [0.1, 0.15) is 10.4 Å². The van der Waals surface area contributed by atoms with Crippen LogP contribution in [-0.4, -0.2) is 48.0 Å². The van der Waals surface area contributed by atoms with Gasteiger partial charge in [-0.25, -0.2) is 9.97 Å². The van der Waals surface area contributed by atoms with Gasteiger partial charge in [0, 0.05) is 18.7 Å². The van der Waals surface area contributed by atoms with Crippen LogP contribution in [-0.2, 0) is 0 Å². The first-order valence-corrected chi connectivity index (χ1v) is 9.97. The third kappa shape index (κ3) is 3.33. The Morgan fingerprint density at radius 3 is 2.69 bits per heavy atom. The van der Waals surface area contributed by atoms with Gasteiger partial charge >= 0.3 is 0 Å². The summed E-state index contributed by atoms with van der Waals surface area (Å²) in [5.41, 5.74) is 4.32. The number of thiazole rings is 2. The van der Waals surface area contributed by atoms with Gasteiger partial charge in [0.1, 0.15) is 0 Å². The molecule has 0 radical (unpaired) electrons. The van der Waals surface area contributed by atoms with Crippen molar-refractivity contribution in [1.29, 1.82) is 0 Å². The fraction of sp³-hybridized carbons (Fsp3) is 0.211. The Labute approximate surface area is 159 Å². The number of likely N-dealkylation sites (N-methyl/N-ethyl adjacent to an activating group) is 1. The molecule has 0 unspecified atom stereocenters. The lowest BCUT2D eigenvalue weighted by atomic mass is 10.2. The molecule has 4 rings (SSSR count). The molecular weight excluding hydrogens is 364 g/mol. The Morgan fingerprint density at radius 2 is 1.88 bits per heavy atom. The summed E-state index contributed by atoms with van der Waals surface area (Å²) in [4.78, 5) is 26.1. The quantitative estimate of drug-likeness (QED) is 0.521. The lowest BCUT2D eigenvalue weighted by Gasteiger charge is -2.22. The minimum Gasteiger partial charge on any atom is -0.308 e. The number of nitrogens with zero attached hydrogens (tertiary/aromatic N) is 4. The fourth-order valence-corrected chi connectivity index (χ4v) is 4.41. The van der Waals surface area contributed by atoms with E-state index >= 15 is 0 Å². The van der Waals surface area contributed by atoms with Crippen molar-refractivity contribution < 1.29 is 4.79 Å². The van der Waals surface area contributed by atoms with Crippen LogP contribution < -0.4 is 4.90 Å². The Kier molecular flexibility index (Phi) is 4.67. The molecule has 2 aromatic carbocycles. The van der Waals surface area contributed by atoms with E-state index in [1.54, 1.807) is 33.1 Å². The van der Waals surface area contributed by atoms with Crippen LogP contribution >= 0.6 is 22.7 Å². The summed E-state index contributed by atoms with van der Waals surface area (Å²) in [6.07, 6.45) is 0. The number of aromatic nitrogens is 2. The van der Waals surface area contributed by atoms with Crippen LogP contribution in [0.5, 0.6) is 0 Å². The molecule has 1 amide bonds. The van der Waals surface area contributed by atoms with Gasteiger partial charge < -0.3 is 4.90 Å². The molecule has 4 aromatic rings. The smallest absolute Gasteiger partial charge is 0.260 e. The van der Waals surface area contributed by atoms with Gasteiger partial charge in [0.25, 0.3) is 5.91 Å². The minimum absolute atomic E-state index is 0.0267. The van der Waals surface area contributed by atoms with Gasteiger partial charge in [-0.3, -0.25) is 9.69 Å². The Morgan fingerprint density at radius 1 is 1.04 bits per heavy atom. The number of anilines is 1. The van der Waals surface area contributed by atoms with Crippen molar-refractivity contribution in [1.82, 2.24) is 14.9 Å². The lowest BCUT2D eigenvalue weighted by Crippen LogP contribution is -2.36. The van der Waals surface area contributed by atoms with Crippen molar-refractivity contribution in [3.8, 4) is 0 Å². The number of benzene rings is 2. The maximum Gasteiger partial charge on any atom is 0.260 e. The van der Waals surface area contributed by atoms with Gasteiger partial charge in [-0.2, -0.15) is 0 Å². The zero-order valence-corrected chi connectivity index (χ0v) is 16.2. The number of rotatable bonds is 5. The van der Waals surface area contributed by atoms with E-state index in [4.69, 9.17) is 0 Å². The molecule has 26 heavy (non-hydrogen) atoms. The molecule has 2 heterocycles. The molecule has 0 atom stereocenters. The summed E-state index contributed by atoms with van der Waals surface area (Å²) in [5, 5.41) is 0.738. The highest BCUT2D eigenvalue weighted by atomic mass is 32.1. The van der Waals surface area contributed by atoms with Gasteiger partial charge in [-0.05, 0) is 44.4 Å². The molecule has 0 spiro atoms. The highest BCUT2D eigenvalue weighted by Crippen LogP contribution is 2.30. The molecule has 0 saturated carbocycles. The van der Waals surface area contributed by atoms with Crippen LogP contribution in [0.25, 0.3) is 20.4 Å². The van der Waals surface area contributed by atoms with Crippen molar-refractivity contribution in [3.05, 3.63) is 53.5 Å². The first-order chi connectivity index (χ1) is 12.6. The van der Waals surface area contributed by atoms with Crippen LogP contribution in [0.4, 0.5) is 5.13 Å². The normalized spacial score (nSPS) is 11.5. The second kappa shape index (κ2) is 7.11. The number of carbonyl (C=O) groups excluding carboxylic acids is 1. The minimum atomic E-state index is -0.0267. The number of hydrogen-bond acceptors (Lipinski definition) is 6. The van der Waals surface area contributed by atoms with Crippen LogP contribution in [0, 0.1) is 0 Å². The van der Waals surface area contributed by atoms with Crippen molar-refractivity contribution in [3.63, 3.8) is 0 Å². The van der Waals surface area contributed by atoms with Crippen molar-refractivity contribution in [2.75, 3.05) is 32.1 Å². The van der Waals surface area contributed by atoms with E-state index in [0.717, 1.165) is 32.1 Å². The zero-order chi connectivity index (χ0) is 18.1. The van der Waals surface area contributed by atoms with E-state index in [0.29, 0.717) is 12.1 Å². The summed E-state index contributed by atoms with van der Waals surface area (Å²) in [6.45, 7) is 1.36. The number of hydrogen-bond donors (Lipinski definition) is 0. The van der Waals surface area contributed by atoms with E-state index < -0.39 is 0 Å². The number of para-hydroxylation sites is 1. The molecule has 0 aliphatic heterocycles. The van der Waals surface area contributed by atoms with E-state index in [1.807, 2.05) is 56.6 Å². The third-order valence-corrected chi connectivity index (χ3v) is 5.96. The van der Waals surface area contributed by atoms with E-state index in [1.165, 1.54) is 0 Å². The van der Waals surface area contributed by atoms with Gasteiger partial charge in [-0.1, -0.05) is 23.5 Å². The first-order valence-electron chi connectivity index (χ1n) is 8.27. The average molecular weight is 383 g/mol. The summed E-state index contributed by atoms with van der Waals surface area (Å²) in [6, 6.07) is 13.7. The second-order valence-corrected chi connectivity index (χ2v) is 8.15. The predicted molar refractivity (Wildman–Crippen MR) is 109 cm³/mol. The Hall–Kier alpha value is -2.35. The second-order valence-electron chi connectivity index (χ2n) is 6.26. The fourth-order valence-electron chi connectivity index (χ4n) is 2.70. The van der Waals surface area contributed by atoms with Crippen molar-refractivity contribution in [2.24, 2.45) is 0 Å². The molecule has 0 aliphatic carbocycles. The van der Waals surface area contributed by atoms with Crippen molar-refractivity contribution >= 4 is 54.1 Å². The van der Waals surface area contributed by atoms with Crippen molar-refractivity contribution in [2.45, 2.75) is 0 Å². The highest BCUT2D eigenvalue weighted by molar-refractivity contribution is 7.22.